The minimum atomic E-state index is -0.0378. The summed E-state index contributed by atoms with van der Waals surface area (Å²) in [4.78, 5) is 31.5. The van der Waals surface area contributed by atoms with Crippen LogP contribution in [-0.2, 0) is 9.59 Å². The lowest BCUT2D eigenvalue weighted by Crippen LogP contribution is -2.45. The van der Waals surface area contributed by atoms with E-state index in [1.165, 1.54) is 30.6 Å². The Bertz CT molecular complexity index is 790. The average molecular weight is 401 g/mol. The molecular weight excluding hydrogens is 372 g/mol. The Kier molecular flexibility index (Phi) is 6.22. The first-order chi connectivity index (χ1) is 13.7. The van der Waals surface area contributed by atoms with Gasteiger partial charge >= 0.3 is 0 Å². The number of piperidine rings is 1. The number of thiazole rings is 1. The number of rotatable bonds is 5. The summed E-state index contributed by atoms with van der Waals surface area (Å²) in [5.74, 6) is 0.264. The van der Waals surface area contributed by atoms with E-state index >= 15 is 0 Å². The van der Waals surface area contributed by atoms with Crippen LogP contribution in [0.5, 0.6) is 0 Å². The van der Waals surface area contributed by atoms with E-state index in [2.05, 4.69) is 20.5 Å². The number of likely N-dealkylation sites (tertiary alicyclic amines) is 1. The van der Waals surface area contributed by atoms with Gasteiger partial charge in [-0.1, -0.05) is 42.7 Å². The number of nitrogens with zero attached hydrogens (tertiary/aromatic N) is 2. The zero-order chi connectivity index (χ0) is 19.3. The lowest BCUT2D eigenvalue weighted by molar-refractivity contribution is -0.127. The van der Waals surface area contributed by atoms with Gasteiger partial charge in [0.2, 0.25) is 11.8 Å². The Labute approximate surface area is 169 Å². The van der Waals surface area contributed by atoms with Crippen molar-refractivity contribution in [3.63, 3.8) is 0 Å². The molecule has 2 aliphatic rings. The normalized spacial score (nSPS) is 19.6. The number of amides is 2. The SMILES string of the molecule is O=C(CN1CCC(C(=O)NC2CCCCC2)CC1)Nc1nc2ccccc2s1. The van der Waals surface area contributed by atoms with Crippen LogP contribution in [0, 0.1) is 5.92 Å². The van der Waals surface area contributed by atoms with Crippen molar-refractivity contribution in [2.45, 2.75) is 51.0 Å². The summed E-state index contributed by atoms with van der Waals surface area (Å²) >= 11 is 1.49. The first kappa shape index (κ1) is 19.3. The molecule has 0 bridgehead atoms. The van der Waals surface area contributed by atoms with E-state index in [0.29, 0.717) is 17.7 Å². The second kappa shape index (κ2) is 9.01. The van der Waals surface area contributed by atoms with Crippen LogP contribution in [-0.4, -0.2) is 47.4 Å². The van der Waals surface area contributed by atoms with Gasteiger partial charge in [-0.3, -0.25) is 14.5 Å². The number of para-hydroxylation sites is 1. The third-order valence-corrected chi connectivity index (χ3v) is 6.77. The fraction of sp³-hybridized carbons (Fsp3) is 0.571. The van der Waals surface area contributed by atoms with Gasteiger partial charge in [-0.2, -0.15) is 0 Å². The highest BCUT2D eigenvalue weighted by atomic mass is 32.1. The van der Waals surface area contributed by atoms with Crippen molar-refractivity contribution < 1.29 is 9.59 Å². The number of benzene rings is 1. The summed E-state index contributed by atoms with van der Waals surface area (Å²) in [5.41, 5.74) is 0.910. The summed E-state index contributed by atoms with van der Waals surface area (Å²) in [7, 11) is 0. The van der Waals surface area contributed by atoms with E-state index < -0.39 is 0 Å². The molecule has 150 valence electrons. The molecule has 0 radical (unpaired) electrons. The summed E-state index contributed by atoms with van der Waals surface area (Å²) in [6, 6.07) is 8.25. The van der Waals surface area contributed by atoms with Crippen LogP contribution in [0.15, 0.2) is 24.3 Å². The van der Waals surface area contributed by atoms with Gasteiger partial charge in [0.25, 0.3) is 0 Å². The molecule has 0 spiro atoms. The molecule has 4 rings (SSSR count). The number of hydrogen-bond donors (Lipinski definition) is 2. The predicted molar refractivity (Wildman–Crippen MR) is 112 cm³/mol. The first-order valence-electron chi connectivity index (χ1n) is 10.4. The molecule has 2 N–H and O–H groups in total. The fourth-order valence-corrected chi connectivity index (χ4v) is 5.09. The van der Waals surface area contributed by atoms with Crippen LogP contribution >= 0.6 is 11.3 Å². The lowest BCUT2D eigenvalue weighted by Gasteiger charge is -2.32. The van der Waals surface area contributed by atoms with Gasteiger partial charge in [0.1, 0.15) is 0 Å². The Morgan fingerprint density at radius 2 is 1.82 bits per heavy atom. The maximum absolute atomic E-state index is 12.5. The zero-order valence-electron chi connectivity index (χ0n) is 16.2. The van der Waals surface area contributed by atoms with Gasteiger partial charge in [-0.25, -0.2) is 4.98 Å². The zero-order valence-corrected chi connectivity index (χ0v) is 17.0. The number of aromatic nitrogens is 1. The predicted octanol–water partition coefficient (Wildman–Crippen LogP) is 3.40. The molecule has 6 nitrogen and oxygen atoms in total. The Morgan fingerprint density at radius 1 is 1.07 bits per heavy atom. The van der Waals surface area contributed by atoms with Crippen LogP contribution in [0.25, 0.3) is 10.2 Å². The van der Waals surface area contributed by atoms with E-state index in [4.69, 9.17) is 0 Å². The smallest absolute Gasteiger partial charge is 0.240 e. The minimum absolute atomic E-state index is 0.0378. The third kappa shape index (κ3) is 4.89. The molecule has 28 heavy (non-hydrogen) atoms. The van der Waals surface area contributed by atoms with Gasteiger partial charge in [0, 0.05) is 12.0 Å². The van der Waals surface area contributed by atoms with Gasteiger partial charge in [-0.05, 0) is 50.9 Å². The highest BCUT2D eigenvalue weighted by molar-refractivity contribution is 7.22. The third-order valence-electron chi connectivity index (χ3n) is 5.82. The average Bonchev–Trinajstić information content (AvgIpc) is 3.11. The molecule has 2 fully saturated rings. The van der Waals surface area contributed by atoms with Crippen molar-refractivity contribution in [2.75, 3.05) is 25.0 Å². The summed E-state index contributed by atoms with van der Waals surface area (Å²) in [6.45, 7) is 1.93. The van der Waals surface area contributed by atoms with E-state index in [-0.39, 0.29) is 17.7 Å². The Hall–Kier alpha value is -1.99. The highest BCUT2D eigenvalue weighted by Crippen LogP contribution is 2.25. The number of nitrogens with one attached hydrogen (secondary N) is 2. The van der Waals surface area contributed by atoms with Crippen LogP contribution in [0.2, 0.25) is 0 Å². The van der Waals surface area contributed by atoms with Crippen LogP contribution < -0.4 is 10.6 Å². The Morgan fingerprint density at radius 3 is 2.57 bits per heavy atom. The van der Waals surface area contributed by atoms with E-state index in [1.54, 1.807) is 0 Å². The highest BCUT2D eigenvalue weighted by Gasteiger charge is 2.27. The van der Waals surface area contributed by atoms with Crippen molar-refractivity contribution in [3.05, 3.63) is 24.3 Å². The van der Waals surface area contributed by atoms with Crippen molar-refractivity contribution >= 4 is 38.5 Å². The van der Waals surface area contributed by atoms with Crippen molar-refractivity contribution in [1.82, 2.24) is 15.2 Å². The van der Waals surface area contributed by atoms with E-state index in [9.17, 15) is 9.59 Å². The number of carbonyl (C=O) groups excluding carboxylic acids is 2. The van der Waals surface area contributed by atoms with E-state index in [1.807, 2.05) is 24.3 Å². The maximum Gasteiger partial charge on any atom is 0.240 e. The number of carbonyl (C=O) groups is 2. The number of anilines is 1. The molecule has 1 saturated carbocycles. The van der Waals surface area contributed by atoms with Gasteiger partial charge in [0.15, 0.2) is 5.13 Å². The van der Waals surface area contributed by atoms with Crippen LogP contribution in [0.4, 0.5) is 5.13 Å². The van der Waals surface area contributed by atoms with Crippen LogP contribution in [0.1, 0.15) is 44.9 Å². The van der Waals surface area contributed by atoms with E-state index in [0.717, 1.165) is 49.0 Å². The molecule has 2 heterocycles. The standard InChI is InChI=1S/C21H28N4O2S/c26-19(24-21-23-17-8-4-5-9-18(17)28-21)14-25-12-10-15(11-13-25)20(27)22-16-6-2-1-3-7-16/h4-5,8-9,15-16H,1-3,6-7,10-14H2,(H,22,27)(H,23,24,26). The van der Waals surface area contributed by atoms with Gasteiger partial charge < -0.3 is 10.6 Å². The monoisotopic (exact) mass is 400 g/mol. The lowest BCUT2D eigenvalue weighted by atomic mass is 9.92. The summed E-state index contributed by atoms with van der Waals surface area (Å²) in [5, 5.41) is 6.81. The first-order valence-corrected chi connectivity index (χ1v) is 11.2. The van der Waals surface area contributed by atoms with Gasteiger partial charge in [-0.15, -0.1) is 0 Å². The number of fused-ring (bicyclic) bond motifs is 1. The summed E-state index contributed by atoms with van der Waals surface area (Å²) < 4.78 is 1.07. The van der Waals surface area contributed by atoms with Crippen molar-refractivity contribution in [3.8, 4) is 0 Å². The molecule has 0 atom stereocenters. The van der Waals surface area contributed by atoms with Crippen molar-refractivity contribution in [2.24, 2.45) is 5.92 Å². The van der Waals surface area contributed by atoms with Gasteiger partial charge in [0.05, 0.1) is 16.8 Å². The number of hydrogen-bond acceptors (Lipinski definition) is 5. The molecule has 1 aliphatic heterocycles. The van der Waals surface area contributed by atoms with Crippen LogP contribution in [0.3, 0.4) is 0 Å². The molecular formula is C21H28N4O2S. The molecule has 1 aromatic carbocycles. The molecule has 2 amide bonds. The molecule has 0 unspecified atom stereocenters. The van der Waals surface area contributed by atoms with Crippen molar-refractivity contribution in [1.29, 1.82) is 0 Å². The summed E-state index contributed by atoms with van der Waals surface area (Å²) in [6.07, 6.45) is 7.65. The minimum Gasteiger partial charge on any atom is -0.353 e. The Balaban J connectivity index is 1.21. The topological polar surface area (TPSA) is 74.3 Å². The maximum atomic E-state index is 12.5. The second-order valence-electron chi connectivity index (χ2n) is 7.93. The quantitative estimate of drug-likeness (QED) is 0.807. The molecule has 1 aromatic heterocycles. The second-order valence-corrected chi connectivity index (χ2v) is 8.96. The molecule has 7 heteroatoms. The largest absolute Gasteiger partial charge is 0.353 e. The molecule has 1 aliphatic carbocycles. The molecule has 2 aromatic rings. The molecule has 1 saturated heterocycles. The fourth-order valence-electron chi connectivity index (χ4n) is 4.21.